The van der Waals surface area contributed by atoms with Gasteiger partial charge in [-0.15, -0.1) is 11.3 Å². The maximum absolute atomic E-state index is 11.9. The van der Waals surface area contributed by atoms with E-state index in [1.165, 1.54) is 23.4 Å². The maximum Gasteiger partial charge on any atom is 0.174 e. The number of hydrogen-bond acceptors (Lipinski definition) is 4. The zero-order valence-electron chi connectivity index (χ0n) is 11.5. The highest BCUT2D eigenvalue weighted by Crippen LogP contribution is 2.51. The first-order valence-electron chi connectivity index (χ1n) is 6.76. The predicted octanol–water partition coefficient (Wildman–Crippen LogP) is 3.65. The molecule has 2 rings (SSSR count). The van der Waals surface area contributed by atoms with Crippen molar-refractivity contribution in [1.82, 2.24) is 0 Å². The number of Topliss-reactive ketones (excluding diaryl/α,β-unsaturated/α-hetero) is 1. The van der Waals surface area contributed by atoms with E-state index in [-0.39, 0.29) is 5.78 Å². The van der Waals surface area contributed by atoms with Crippen LogP contribution in [0.5, 0.6) is 0 Å². The Kier molecular flexibility index (Phi) is 3.95. The predicted molar refractivity (Wildman–Crippen MR) is 78.9 cm³/mol. The standard InChI is InChI=1S/C14H22N2OS/c1-4-8-16(3)14-11(9-6-7-9)12(15)13(18-14)10(17)5-2/h9H,4-8,15H2,1-3H3. The van der Waals surface area contributed by atoms with E-state index in [9.17, 15) is 4.79 Å². The van der Waals surface area contributed by atoms with Gasteiger partial charge in [-0.1, -0.05) is 13.8 Å². The number of nitrogens with two attached hydrogens (primary N) is 1. The molecule has 1 heterocycles. The van der Waals surface area contributed by atoms with E-state index in [0.29, 0.717) is 12.3 Å². The van der Waals surface area contributed by atoms with E-state index in [1.807, 2.05) is 6.92 Å². The van der Waals surface area contributed by atoms with Crippen LogP contribution >= 0.6 is 11.3 Å². The maximum atomic E-state index is 11.9. The first-order chi connectivity index (χ1) is 8.60. The normalized spacial score (nSPS) is 14.8. The van der Waals surface area contributed by atoms with Crippen LogP contribution in [-0.4, -0.2) is 19.4 Å². The molecule has 0 bridgehead atoms. The molecular formula is C14H22N2OS. The van der Waals surface area contributed by atoms with Crippen molar-refractivity contribution in [2.45, 2.75) is 45.4 Å². The van der Waals surface area contributed by atoms with E-state index in [1.54, 1.807) is 11.3 Å². The Morgan fingerprint density at radius 1 is 1.44 bits per heavy atom. The third-order valence-electron chi connectivity index (χ3n) is 3.43. The molecule has 1 saturated carbocycles. The molecule has 4 heteroatoms. The molecule has 1 fully saturated rings. The Hall–Kier alpha value is -1.03. The molecule has 0 atom stereocenters. The van der Waals surface area contributed by atoms with Gasteiger partial charge in [0.1, 0.15) is 0 Å². The van der Waals surface area contributed by atoms with Crippen LogP contribution < -0.4 is 10.6 Å². The number of hydrogen-bond donors (Lipinski definition) is 1. The Balaban J connectivity index is 2.40. The van der Waals surface area contributed by atoms with Crippen molar-refractivity contribution >= 4 is 27.8 Å². The minimum absolute atomic E-state index is 0.176. The molecule has 0 aromatic carbocycles. The molecular weight excluding hydrogens is 244 g/mol. The third kappa shape index (κ3) is 2.39. The van der Waals surface area contributed by atoms with Crippen molar-refractivity contribution in [3.05, 3.63) is 10.4 Å². The minimum Gasteiger partial charge on any atom is -0.397 e. The lowest BCUT2D eigenvalue weighted by atomic mass is 10.1. The van der Waals surface area contributed by atoms with E-state index >= 15 is 0 Å². The number of rotatable bonds is 6. The van der Waals surface area contributed by atoms with Gasteiger partial charge in [0.05, 0.1) is 15.6 Å². The van der Waals surface area contributed by atoms with Crippen LogP contribution in [-0.2, 0) is 0 Å². The monoisotopic (exact) mass is 266 g/mol. The lowest BCUT2D eigenvalue weighted by Gasteiger charge is -2.18. The quantitative estimate of drug-likeness (QED) is 0.799. The zero-order valence-corrected chi connectivity index (χ0v) is 12.3. The summed E-state index contributed by atoms with van der Waals surface area (Å²) in [5, 5.41) is 1.22. The molecule has 3 nitrogen and oxygen atoms in total. The van der Waals surface area contributed by atoms with Crippen molar-refractivity contribution in [2.24, 2.45) is 0 Å². The molecule has 100 valence electrons. The second kappa shape index (κ2) is 5.31. The van der Waals surface area contributed by atoms with Crippen molar-refractivity contribution < 1.29 is 4.79 Å². The van der Waals surface area contributed by atoms with Gasteiger partial charge in [-0.3, -0.25) is 4.79 Å². The number of carbonyl (C=O) groups excluding carboxylic acids is 1. The van der Waals surface area contributed by atoms with Crippen LogP contribution in [0.4, 0.5) is 10.7 Å². The largest absolute Gasteiger partial charge is 0.397 e. The molecule has 0 aliphatic heterocycles. The second-order valence-electron chi connectivity index (χ2n) is 5.04. The molecule has 0 spiro atoms. The topological polar surface area (TPSA) is 46.3 Å². The average molecular weight is 266 g/mol. The van der Waals surface area contributed by atoms with Crippen LogP contribution in [0.2, 0.25) is 0 Å². The fraction of sp³-hybridized carbons (Fsp3) is 0.643. The van der Waals surface area contributed by atoms with E-state index in [0.717, 1.165) is 23.5 Å². The summed E-state index contributed by atoms with van der Waals surface area (Å²) >= 11 is 1.59. The van der Waals surface area contributed by atoms with Crippen LogP contribution in [0.1, 0.15) is 60.7 Å². The van der Waals surface area contributed by atoms with Gasteiger partial charge in [0.25, 0.3) is 0 Å². The number of nitrogens with zero attached hydrogens (tertiary/aromatic N) is 1. The van der Waals surface area contributed by atoms with Crippen LogP contribution in [0.25, 0.3) is 0 Å². The molecule has 18 heavy (non-hydrogen) atoms. The van der Waals surface area contributed by atoms with Gasteiger partial charge in [0.2, 0.25) is 0 Å². The van der Waals surface area contributed by atoms with E-state index in [2.05, 4.69) is 18.9 Å². The van der Waals surface area contributed by atoms with Gasteiger partial charge < -0.3 is 10.6 Å². The third-order valence-corrected chi connectivity index (χ3v) is 4.81. The number of thiophene rings is 1. The summed E-state index contributed by atoms with van der Waals surface area (Å²) in [6.45, 7) is 5.08. The first kappa shape index (κ1) is 13.4. The number of carbonyl (C=O) groups is 1. The van der Waals surface area contributed by atoms with Gasteiger partial charge in [-0.25, -0.2) is 0 Å². The summed E-state index contributed by atoms with van der Waals surface area (Å²) in [6.07, 6.45) is 4.07. The van der Waals surface area contributed by atoms with Crippen molar-refractivity contribution in [3.8, 4) is 0 Å². The zero-order chi connectivity index (χ0) is 13.3. The van der Waals surface area contributed by atoms with Crippen molar-refractivity contribution in [1.29, 1.82) is 0 Å². The summed E-state index contributed by atoms with van der Waals surface area (Å²) in [5.74, 6) is 0.768. The Labute approximate surface area is 113 Å². The van der Waals surface area contributed by atoms with Crippen molar-refractivity contribution in [3.63, 3.8) is 0 Å². The van der Waals surface area contributed by atoms with E-state index < -0.39 is 0 Å². The van der Waals surface area contributed by atoms with Crippen molar-refractivity contribution in [2.75, 3.05) is 24.2 Å². The lowest BCUT2D eigenvalue weighted by Crippen LogP contribution is -2.17. The fourth-order valence-electron chi connectivity index (χ4n) is 2.30. The Morgan fingerprint density at radius 2 is 2.11 bits per heavy atom. The number of nitrogen functional groups attached to an aromatic ring is 1. The smallest absolute Gasteiger partial charge is 0.174 e. The lowest BCUT2D eigenvalue weighted by molar-refractivity contribution is 0.0993. The van der Waals surface area contributed by atoms with Gasteiger partial charge in [-0.2, -0.15) is 0 Å². The van der Waals surface area contributed by atoms with Gasteiger partial charge in [-0.05, 0) is 25.2 Å². The van der Waals surface area contributed by atoms with Gasteiger partial charge in [0, 0.05) is 25.6 Å². The highest BCUT2D eigenvalue weighted by molar-refractivity contribution is 7.18. The summed E-state index contributed by atoms with van der Waals surface area (Å²) < 4.78 is 0. The number of ketones is 1. The second-order valence-corrected chi connectivity index (χ2v) is 6.04. The summed E-state index contributed by atoms with van der Waals surface area (Å²) in [5.41, 5.74) is 8.22. The average Bonchev–Trinajstić information content (AvgIpc) is 3.12. The first-order valence-corrected chi connectivity index (χ1v) is 7.58. The molecule has 0 amide bonds. The highest BCUT2D eigenvalue weighted by atomic mass is 32.1. The Morgan fingerprint density at radius 3 is 2.61 bits per heavy atom. The molecule has 1 aromatic rings. The molecule has 1 aliphatic carbocycles. The highest BCUT2D eigenvalue weighted by Gasteiger charge is 2.33. The minimum atomic E-state index is 0.176. The van der Waals surface area contributed by atoms with Gasteiger partial charge >= 0.3 is 0 Å². The van der Waals surface area contributed by atoms with Gasteiger partial charge in [0.15, 0.2) is 5.78 Å². The van der Waals surface area contributed by atoms with E-state index in [4.69, 9.17) is 5.73 Å². The van der Waals surface area contributed by atoms with Crippen LogP contribution in [0, 0.1) is 0 Å². The summed E-state index contributed by atoms with van der Waals surface area (Å²) in [6, 6.07) is 0. The van der Waals surface area contributed by atoms with Crippen LogP contribution in [0.3, 0.4) is 0 Å². The molecule has 0 saturated heterocycles. The SMILES string of the molecule is CCCN(C)c1sc(C(=O)CC)c(N)c1C1CC1. The molecule has 1 aliphatic rings. The summed E-state index contributed by atoms with van der Waals surface area (Å²) in [7, 11) is 2.10. The molecule has 2 N–H and O–H groups in total. The number of anilines is 2. The van der Waals surface area contributed by atoms with Crippen LogP contribution in [0.15, 0.2) is 0 Å². The summed E-state index contributed by atoms with van der Waals surface area (Å²) in [4.78, 5) is 15.0. The fourth-order valence-corrected chi connectivity index (χ4v) is 3.60. The Bertz CT molecular complexity index is 449. The molecule has 0 unspecified atom stereocenters. The molecule has 1 aromatic heterocycles. The molecule has 0 radical (unpaired) electrons.